The third kappa shape index (κ3) is 4.38. The number of hydrogen-bond acceptors (Lipinski definition) is 9. The highest BCUT2D eigenvalue weighted by molar-refractivity contribution is 7.15. The molecule has 0 radical (unpaired) electrons. The molecule has 0 aliphatic carbocycles. The zero-order valence-corrected chi connectivity index (χ0v) is 16.4. The number of carbonyl (C=O) groups excluding carboxylic acids is 1. The fourth-order valence-electron chi connectivity index (χ4n) is 2.78. The molecule has 10 nitrogen and oxygen atoms in total. The lowest BCUT2D eigenvalue weighted by Gasteiger charge is -2.35. The van der Waals surface area contributed by atoms with E-state index in [1.165, 1.54) is 6.92 Å². The molecule has 2 aromatic heterocycles. The van der Waals surface area contributed by atoms with Crippen molar-refractivity contribution in [2.75, 3.05) is 18.0 Å². The maximum atomic E-state index is 12.3. The molecule has 1 amide bonds. The molecule has 5 N–H and O–H groups in total. The Hall–Kier alpha value is -1.79. The van der Waals surface area contributed by atoms with Crippen LogP contribution in [-0.4, -0.2) is 66.6 Å². The SMILES string of the molecule is CCc1[nH]c(C(=O)NC2CCN(c3nnc(C(C)(O)O)s3)CC2O)nc1Cl. The number of carbonyl (C=O) groups is 1. The molecule has 1 saturated heterocycles. The summed E-state index contributed by atoms with van der Waals surface area (Å²) in [6, 6.07) is -0.448. The quantitative estimate of drug-likeness (QED) is 0.428. The van der Waals surface area contributed by atoms with Crippen molar-refractivity contribution < 1.29 is 20.1 Å². The lowest BCUT2D eigenvalue weighted by Crippen LogP contribution is -2.54. The highest BCUT2D eigenvalue weighted by Gasteiger charge is 2.32. The van der Waals surface area contributed by atoms with Gasteiger partial charge in [0.1, 0.15) is 0 Å². The number of piperidine rings is 1. The van der Waals surface area contributed by atoms with Crippen LogP contribution in [0.2, 0.25) is 5.15 Å². The minimum Gasteiger partial charge on any atom is -0.389 e. The molecule has 0 spiro atoms. The molecule has 0 aromatic carbocycles. The topological polar surface area (TPSA) is 147 Å². The van der Waals surface area contributed by atoms with Gasteiger partial charge in [0.2, 0.25) is 10.9 Å². The fraction of sp³-hybridized carbons (Fsp3) is 0.600. The van der Waals surface area contributed by atoms with Crippen LogP contribution in [-0.2, 0) is 12.2 Å². The Kier molecular flexibility index (Phi) is 5.68. The first-order valence-electron chi connectivity index (χ1n) is 8.46. The fourth-order valence-corrected chi connectivity index (χ4v) is 3.86. The summed E-state index contributed by atoms with van der Waals surface area (Å²) in [5.41, 5.74) is 0.684. The Morgan fingerprint density at radius 2 is 2.22 bits per heavy atom. The number of nitrogens with one attached hydrogen (secondary N) is 2. The van der Waals surface area contributed by atoms with Crippen LogP contribution < -0.4 is 10.2 Å². The second-order valence-corrected chi connectivity index (χ2v) is 7.81. The molecule has 0 saturated carbocycles. The summed E-state index contributed by atoms with van der Waals surface area (Å²) in [7, 11) is 0. The van der Waals surface area contributed by atoms with Crippen molar-refractivity contribution in [2.24, 2.45) is 0 Å². The van der Waals surface area contributed by atoms with Crippen LogP contribution >= 0.6 is 22.9 Å². The van der Waals surface area contributed by atoms with Crippen LogP contribution in [0.15, 0.2) is 0 Å². The van der Waals surface area contributed by atoms with E-state index in [1.54, 1.807) is 4.90 Å². The van der Waals surface area contributed by atoms with Crippen molar-refractivity contribution in [3.05, 3.63) is 21.7 Å². The standard InChI is InChI=1S/C15H21ClN6O4S/c1-3-7-10(16)19-11(17-7)12(24)18-8-4-5-22(6-9(8)23)14-21-20-13(27-14)15(2,25)26/h8-9,23,25-26H,3-6H2,1-2H3,(H,17,19)(H,18,24). The maximum Gasteiger partial charge on any atom is 0.287 e. The van der Waals surface area contributed by atoms with E-state index in [0.717, 1.165) is 11.3 Å². The smallest absolute Gasteiger partial charge is 0.287 e. The van der Waals surface area contributed by atoms with Crippen molar-refractivity contribution in [3.63, 3.8) is 0 Å². The van der Waals surface area contributed by atoms with Gasteiger partial charge in [0.15, 0.2) is 16.0 Å². The second-order valence-electron chi connectivity index (χ2n) is 6.50. The number of amides is 1. The number of anilines is 1. The second kappa shape index (κ2) is 7.68. The number of hydrogen-bond donors (Lipinski definition) is 5. The summed E-state index contributed by atoms with van der Waals surface area (Å²) in [6.45, 7) is 3.85. The lowest BCUT2D eigenvalue weighted by molar-refractivity contribution is -0.153. The van der Waals surface area contributed by atoms with Gasteiger partial charge in [-0.2, -0.15) is 0 Å². The van der Waals surface area contributed by atoms with Crippen molar-refractivity contribution in [1.29, 1.82) is 0 Å². The molecule has 0 bridgehead atoms. The van der Waals surface area contributed by atoms with Gasteiger partial charge < -0.3 is 30.5 Å². The number of aryl methyl sites for hydroxylation is 1. The van der Waals surface area contributed by atoms with E-state index < -0.39 is 23.8 Å². The predicted molar refractivity (Wildman–Crippen MR) is 98.8 cm³/mol. The van der Waals surface area contributed by atoms with Crippen molar-refractivity contribution >= 4 is 34.0 Å². The van der Waals surface area contributed by atoms with Gasteiger partial charge in [-0.1, -0.05) is 29.9 Å². The zero-order valence-electron chi connectivity index (χ0n) is 14.8. The van der Waals surface area contributed by atoms with Crippen LogP contribution in [0.25, 0.3) is 0 Å². The molecule has 3 rings (SSSR count). The highest BCUT2D eigenvalue weighted by Crippen LogP contribution is 2.29. The number of rotatable bonds is 5. The van der Waals surface area contributed by atoms with Gasteiger partial charge >= 0.3 is 0 Å². The first kappa shape index (κ1) is 20.0. The minimum absolute atomic E-state index is 0.0730. The predicted octanol–water partition coefficient (Wildman–Crippen LogP) is 0.00390. The molecule has 148 valence electrons. The molecule has 1 aliphatic heterocycles. The van der Waals surface area contributed by atoms with E-state index in [-0.39, 0.29) is 22.5 Å². The molecule has 1 aliphatic rings. The van der Waals surface area contributed by atoms with E-state index >= 15 is 0 Å². The monoisotopic (exact) mass is 416 g/mol. The van der Waals surface area contributed by atoms with Gasteiger partial charge in [-0.15, -0.1) is 10.2 Å². The number of aromatic amines is 1. The number of halogens is 1. The number of β-amino-alcohol motifs (C(OH)–C–C–N with tert-alkyl or cyclic N) is 1. The Morgan fingerprint density at radius 3 is 2.78 bits per heavy atom. The average molecular weight is 417 g/mol. The molecule has 2 unspecified atom stereocenters. The van der Waals surface area contributed by atoms with Crippen LogP contribution in [0.4, 0.5) is 5.13 Å². The number of aliphatic hydroxyl groups excluding tert-OH is 1. The zero-order chi connectivity index (χ0) is 19.8. The largest absolute Gasteiger partial charge is 0.389 e. The number of aromatic nitrogens is 4. The molecule has 2 atom stereocenters. The number of nitrogens with zero attached hydrogens (tertiary/aromatic N) is 4. The Bertz CT molecular complexity index is 820. The van der Waals surface area contributed by atoms with Crippen molar-refractivity contribution in [1.82, 2.24) is 25.5 Å². The first-order chi connectivity index (χ1) is 12.7. The number of aliphatic hydroxyl groups is 3. The number of imidazole rings is 1. The van der Waals surface area contributed by atoms with Crippen molar-refractivity contribution in [2.45, 2.75) is 44.6 Å². The van der Waals surface area contributed by atoms with Crippen LogP contribution in [0, 0.1) is 0 Å². The van der Waals surface area contributed by atoms with Crippen molar-refractivity contribution in [3.8, 4) is 0 Å². The summed E-state index contributed by atoms with van der Waals surface area (Å²) in [6.07, 6.45) is 0.276. The molecule has 27 heavy (non-hydrogen) atoms. The van der Waals surface area contributed by atoms with Gasteiger partial charge in [0.25, 0.3) is 5.91 Å². The Balaban J connectivity index is 1.61. The van der Waals surface area contributed by atoms with Gasteiger partial charge in [-0.25, -0.2) is 4.98 Å². The Labute approximate surface area is 164 Å². The highest BCUT2D eigenvalue weighted by atomic mass is 35.5. The molecule has 1 fully saturated rings. The Morgan fingerprint density at radius 1 is 1.48 bits per heavy atom. The van der Waals surface area contributed by atoms with Crippen LogP contribution in [0.3, 0.4) is 0 Å². The van der Waals surface area contributed by atoms with Gasteiger partial charge in [-0.05, 0) is 19.8 Å². The summed E-state index contributed by atoms with van der Waals surface area (Å²) >= 11 is 7.00. The van der Waals surface area contributed by atoms with E-state index in [2.05, 4.69) is 25.5 Å². The van der Waals surface area contributed by atoms with Gasteiger partial charge in [0, 0.05) is 13.1 Å². The molecule has 3 heterocycles. The molecule has 2 aromatic rings. The van der Waals surface area contributed by atoms with Crippen LogP contribution in [0.5, 0.6) is 0 Å². The van der Waals surface area contributed by atoms with Gasteiger partial charge in [0.05, 0.1) is 17.8 Å². The number of H-pyrrole nitrogens is 1. The van der Waals surface area contributed by atoms with E-state index in [1.807, 2.05) is 6.92 Å². The van der Waals surface area contributed by atoms with E-state index in [0.29, 0.717) is 30.2 Å². The van der Waals surface area contributed by atoms with E-state index in [9.17, 15) is 20.1 Å². The summed E-state index contributed by atoms with van der Waals surface area (Å²) < 4.78 is 0. The normalized spacial score (nSPS) is 20.7. The summed E-state index contributed by atoms with van der Waals surface area (Å²) in [5.74, 6) is -2.36. The maximum absolute atomic E-state index is 12.3. The first-order valence-corrected chi connectivity index (χ1v) is 9.65. The van der Waals surface area contributed by atoms with Crippen LogP contribution in [0.1, 0.15) is 41.6 Å². The lowest BCUT2D eigenvalue weighted by atomic mass is 10.0. The molecular formula is C15H21ClN6O4S. The summed E-state index contributed by atoms with van der Waals surface area (Å²) in [5, 5.41) is 40.9. The molecule has 12 heteroatoms. The summed E-state index contributed by atoms with van der Waals surface area (Å²) in [4.78, 5) is 21.0. The average Bonchev–Trinajstić information content (AvgIpc) is 3.23. The molecular weight excluding hydrogens is 396 g/mol. The third-order valence-corrected chi connectivity index (χ3v) is 5.78. The van der Waals surface area contributed by atoms with E-state index in [4.69, 9.17) is 11.6 Å². The van der Waals surface area contributed by atoms with Gasteiger partial charge in [-0.3, -0.25) is 4.79 Å². The third-order valence-electron chi connectivity index (χ3n) is 4.29. The minimum atomic E-state index is -2.05.